The summed E-state index contributed by atoms with van der Waals surface area (Å²) in [6, 6.07) is 12.9. The van der Waals surface area contributed by atoms with Gasteiger partial charge in [-0.3, -0.25) is 19.8 Å². The van der Waals surface area contributed by atoms with Crippen LogP contribution in [0.15, 0.2) is 42.5 Å². The van der Waals surface area contributed by atoms with E-state index in [-0.39, 0.29) is 18.1 Å². The number of aromatic nitrogens is 1. The SMILES string of the molecule is Cc1ccc(NC(=O)CN2CCC(c3nc4ccccc4s3)CC2)cc1[N+](=O)[O-]. The molecule has 4 rings (SSSR count). The molecule has 1 saturated heterocycles. The number of anilines is 1. The van der Waals surface area contributed by atoms with Gasteiger partial charge in [-0.15, -0.1) is 11.3 Å². The number of amides is 1. The van der Waals surface area contributed by atoms with E-state index in [1.807, 2.05) is 18.2 Å². The van der Waals surface area contributed by atoms with Crippen LogP contribution in [0.5, 0.6) is 0 Å². The Bertz CT molecular complexity index is 1020. The molecule has 1 amide bonds. The lowest BCUT2D eigenvalue weighted by Gasteiger charge is -2.30. The van der Waals surface area contributed by atoms with Crippen molar-refractivity contribution in [1.29, 1.82) is 0 Å². The van der Waals surface area contributed by atoms with Crippen LogP contribution in [0.25, 0.3) is 10.2 Å². The normalized spacial score (nSPS) is 15.5. The minimum Gasteiger partial charge on any atom is -0.325 e. The van der Waals surface area contributed by atoms with Crippen molar-refractivity contribution in [2.75, 3.05) is 25.0 Å². The molecule has 0 radical (unpaired) electrons. The van der Waals surface area contributed by atoms with Crippen LogP contribution in [0, 0.1) is 17.0 Å². The van der Waals surface area contributed by atoms with Gasteiger partial charge in [0.05, 0.1) is 26.7 Å². The van der Waals surface area contributed by atoms with Gasteiger partial charge in [0.1, 0.15) is 0 Å². The summed E-state index contributed by atoms with van der Waals surface area (Å²) in [6.07, 6.45) is 1.95. The quantitative estimate of drug-likeness (QED) is 0.500. The maximum absolute atomic E-state index is 12.4. The summed E-state index contributed by atoms with van der Waals surface area (Å²) >= 11 is 1.76. The number of hydrogen-bond acceptors (Lipinski definition) is 6. The monoisotopic (exact) mass is 410 g/mol. The number of thiazole rings is 1. The first-order chi connectivity index (χ1) is 14.0. The number of nitro benzene ring substituents is 1. The third-order valence-electron chi connectivity index (χ3n) is 5.30. The molecule has 0 atom stereocenters. The van der Waals surface area contributed by atoms with E-state index in [1.165, 1.54) is 15.8 Å². The van der Waals surface area contributed by atoms with E-state index in [4.69, 9.17) is 4.98 Å². The lowest BCUT2D eigenvalue weighted by Crippen LogP contribution is -2.38. The van der Waals surface area contributed by atoms with Crippen LogP contribution < -0.4 is 5.32 Å². The van der Waals surface area contributed by atoms with Gasteiger partial charge in [0.25, 0.3) is 5.69 Å². The molecule has 2 aromatic carbocycles. The maximum Gasteiger partial charge on any atom is 0.274 e. The molecule has 0 spiro atoms. The van der Waals surface area contributed by atoms with Crippen LogP contribution >= 0.6 is 11.3 Å². The van der Waals surface area contributed by atoms with E-state index in [1.54, 1.807) is 30.4 Å². The number of nitro groups is 1. The van der Waals surface area contributed by atoms with Crippen LogP contribution in [-0.4, -0.2) is 40.3 Å². The summed E-state index contributed by atoms with van der Waals surface area (Å²) < 4.78 is 1.22. The number of para-hydroxylation sites is 1. The lowest BCUT2D eigenvalue weighted by molar-refractivity contribution is -0.385. The third kappa shape index (κ3) is 4.44. The Morgan fingerprint density at radius 3 is 2.76 bits per heavy atom. The molecule has 0 bridgehead atoms. The van der Waals surface area contributed by atoms with Gasteiger partial charge in [-0.2, -0.15) is 0 Å². The fourth-order valence-corrected chi connectivity index (χ4v) is 4.83. The number of likely N-dealkylation sites (tertiary alicyclic amines) is 1. The zero-order chi connectivity index (χ0) is 20.4. The molecule has 1 aliphatic rings. The smallest absolute Gasteiger partial charge is 0.274 e. The molecular weight excluding hydrogens is 388 g/mol. The highest BCUT2D eigenvalue weighted by Crippen LogP contribution is 2.33. The Labute approximate surface area is 172 Å². The predicted molar refractivity (Wildman–Crippen MR) is 114 cm³/mol. The summed E-state index contributed by atoms with van der Waals surface area (Å²) in [4.78, 5) is 29.9. The standard InChI is InChI=1S/C21H22N4O3S/c1-14-6-7-16(12-18(14)25(27)28)22-20(26)13-24-10-8-15(9-11-24)21-23-17-4-2-3-5-19(17)29-21/h2-7,12,15H,8-11,13H2,1H3,(H,22,26). The Morgan fingerprint density at radius 1 is 1.28 bits per heavy atom. The van der Waals surface area contributed by atoms with Gasteiger partial charge in [0.2, 0.25) is 5.91 Å². The van der Waals surface area contributed by atoms with E-state index < -0.39 is 4.92 Å². The molecular formula is C21H22N4O3S. The van der Waals surface area contributed by atoms with Crippen LogP contribution in [0.2, 0.25) is 0 Å². The van der Waals surface area contributed by atoms with E-state index in [2.05, 4.69) is 16.3 Å². The van der Waals surface area contributed by atoms with Crippen molar-refractivity contribution in [3.63, 3.8) is 0 Å². The van der Waals surface area contributed by atoms with Crippen molar-refractivity contribution in [1.82, 2.24) is 9.88 Å². The molecule has 1 fully saturated rings. The van der Waals surface area contributed by atoms with E-state index in [0.717, 1.165) is 31.4 Å². The van der Waals surface area contributed by atoms with Crippen LogP contribution in [-0.2, 0) is 4.79 Å². The number of benzene rings is 2. The van der Waals surface area contributed by atoms with Gasteiger partial charge >= 0.3 is 0 Å². The molecule has 1 N–H and O–H groups in total. The highest BCUT2D eigenvalue weighted by atomic mass is 32.1. The van der Waals surface area contributed by atoms with E-state index in [0.29, 0.717) is 17.2 Å². The molecule has 0 saturated carbocycles. The van der Waals surface area contributed by atoms with Crippen molar-refractivity contribution in [2.24, 2.45) is 0 Å². The molecule has 1 aromatic heterocycles. The fourth-order valence-electron chi connectivity index (χ4n) is 3.69. The van der Waals surface area contributed by atoms with Crippen molar-refractivity contribution >= 4 is 38.8 Å². The number of hydrogen-bond donors (Lipinski definition) is 1. The van der Waals surface area contributed by atoms with Crippen LogP contribution in [0.4, 0.5) is 11.4 Å². The molecule has 29 heavy (non-hydrogen) atoms. The van der Waals surface area contributed by atoms with E-state index in [9.17, 15) is 14.9 Å². The van der Waals surface area contributed by atoms with Gasteiger partial charge in [-0.05, 0) is 51.1 Å². The molecule has 8 heteroatoms. The number of fused-ring (bicyclic) bond motifs is 1. The number of rotatable bonds is 5. The number of carbonyl (C=O) groups is 1. The Hall–Kier alpha value is -2.84. The molecule has 0 aliphatic carbocycles. The Kier molecular flexibility index (Phi) is 5.55. The second-order valence-electron chi connectivity index (χ2n) is 7.38. The maximum atomic E-state index is 12.4. The van der Waals surface area contributed by atoms with Crippen molar-refractivity contribution < 1.29 is 9.72 Å². The molecule has 7 nitrogen and oxygen atoms in total. The fraction of sp³-hybridized carbons (Fsp3) is 0.333. The topological polar surface area (TPSA) is 88.4 Å². The number of piperidine rings is 1. The first-order valence-corrected chi connectivity index (χ1v) is 10.4. The lowest BCUT2D eigenvalue weighted by atomic mass is 9.97. The first-order valence-electron chi connectivity index (χ1n) is 9.62. The first kappa shape index (κ1) is 19.5. The summed E-state index contributed by atoms with van der Waals surface area (Å²) in [5, 5.41) is 15.0. The highest BCUT2D eigenvalue weighted by molar-refractivity contribution is 7.18. The number of nitrogens with one attached hydrogen (secondary N) is 1. The second kappa shape index (κ2) is 8.26. The second-order valence-corrected chi connectivity index (χ2v) is 8.44. The largest absolute Gasteiger partial charge is 0.325 e. The number of nitrogens with zero attached hydrogens (tertiary/aromatic N) is 3. The number of carbonyl (C=O) groups excluding carboxylic acids is 1. The summed E-state index contributed by atoms with van der Waals surface area (Å²) in [6.45, 7) is 3.64. The van der Waals surface area contributed by atoms with Crippen molar-refractivity contribution in [3.8, 4) is 0 Å². The summed E-state index contributed by atoms with van der Waals surface area (Å²) in [5.74, 6) is 0.285. The Morgan fingerprint density at radius 2 is 2.03 bits per heavy atom. The van der Waals surface area contributed by atoms with E-state index >= 15 is 0 Å². The minimum absolute atomic E-state index is 0.0134. The van der Waals surface area contributed by atoms with Gasteiger partial charge in [0.15, 0.2) is 0 Å². The van der Waals surface area contributed by atoms with Crippen LogP contribution in [0.1, 0.15) is 29.3 Å². The average molecular weight is 410 g/mol. The third-order valence-corrected chi connectivity index (χ3v) is 6.50. The van der Waals surface area contributed by atoms with Gasteiger partial charge < -0.3 is 5.32 Å². The molecule has 3 aromatic rings. The molecule has 2 heterocycles. The van der Waals surface area contributed by atoms with Gasteiger partial charge in [-0.25, -0.2) is 4.98 Å². The molecule has 150 valence electrons. The molecule has 0 unspecified atom stereocenters. The van der Waals surface area contributed by atoms with Crippen molar-refractivity contribution in [3.05, 3.63) is 63.1 Å². The van der Waals surface area contributed by atoms with Gasteiger partial charge in [-0.1, -0.05) is 18.2 Å². The average Bonchev–Trinajstić information content (AvgIpc) is 3.14. The predicted octanol–water partition coefficient (Wildman–Crippen LogP) is 4.33. The Balaban J connectivity index is 1.32. The summed E-state index contributed by atoms with van der Waals surface area (Å²) in [5.41, 5.74) is 2.10. The van der Waals surface area contributed by atoms with Crippen molar-refractivity contribution in [2.45, 2.75) is 25.7 Å². The van der Waals surface area contributed by atoms with Gasteiger partial charge in [0, 0.05) is 23.2 Å². The minimum atomic E-state index is -0.433. The zero-order valence-corrected chi connectivity index (χ0v) is 16.9. The zero-order valence-electron chi connectivity index (χ0n) is 16.1. The molecule has 1 aliphatic heterocycles. The summed E-state index contributed by atoms with van der Waals surface area (Å²) in [7, 11) is 0. The number of aryl methyl sites for hydroxylation is 1. The highest BCUT2D eigenvalue weighted by Gasteiger charge is 2.24. The van der Waals surface area contributed by atoms with Crippen LogP contribution in [0.3, 0.4) is 0 Å².